The van der Waals surface area contributed by atoms with Gasteiger partial charge in [-0.3, -0.25) is 0 Å². The van der Waals surface area contributed by atoms with Crippen LogP contribution in [0, 0.1) is 11.8 Å². The van der Waals surface area contributed by atoms with Gasteiger partial charge in [-0.2, -0.15) is 0 Å². The summed E-state index contributed by atoms with van der Waals surface area (Å²) in [6.45, 7) is 10.7. The lowest BCUT2D eigenvalue weighted by Crippen LogP contribution is -2.54. The van der Waals surface area contributed by atoms with Crippen molar-refractivity contribution in [3.05, 3.63) is 35.9 Å². The summed E-state index contributed by atoms with van der Waals surface area (Å²) in [5.74, 6) is 1.36. The van der Waals surface area contributed by atoms with Crippen LogP contribution in [-0.4, -0.2) is 15.6 Å². The van der Waals surface area contributed by atoms with E-state index in [-0.39, 0.29) is 5.04 Å². The van der Waals surface area contributed by atoms with Gasteiger partial charge in [-0.15, -0.1) is 0 Å². The highest BCUT2D eigenvalue weighted by molar-refractivity contribution is 6.56. The minimum absolute atomic E-state index is 0.287. The first-order valence-electron chi connectivity index (χ1n) is 9.81. The van der Waals surface area contributed by atoms with Crippen LogP contribution < -0.4 is 0 Å². The Morgan fingerprint density at radius 2 is 1.83 bits per heavy atom. The molecule has 3 atom stereocenters. The largest absolute Gasteiger partial charge is 0.419 e. The van der Waals surface area contributed by atoms with Crippen LogP contribution in [0.2, 0.25) is 6.04 Å². The first kappa shape index (κ1) is 18.7. The molecule has 0 saturated carbocycles. The van der Waals surface area contributed by atoms with E-state index in [4.69, 9.17) is 4.43 Å². The smallest absolute Gasteiger partial charge is 0.187 e. The summed E-state index contributed by atoms with van der Waals surface area (Å²) in [5.41, 5.74) is 1.55. The molecule has 2 rings (SSSR count). The van der Waals surface area contributed by atoms with E-state index in [2.05, 4.69) is 58.0 Å². The Morgan fingerprint density at radius 1 is 1.09 bits per heavy atom. The molecule has 1 nitrogen and oxygen atoms in total. The number of unbranched alkanes of at least 4 members (excludes halogenated alkanes) is 2. The fourth-order valence-corrected chi connectivity index (χ4v) is 8.99. The number of hydrogen-bond donors (Lipinski definition) is 0. The SMILES string of the molecule is CCCCCC(C)C(c1ccccc1)(C(C)C)[SiH]1CCCCO1. The van der Waals surface area contributed by atoms with Crippen LogP contribution >= 0.6 is 0 Å². The van der Waals surface area contributed by atoms with Crippen molar-refractivity contribution in [3.63, 3.8) is 0 Å². The van der Waals surface area contributed by atoms with Gasteiger partial charge in [0.05, 0.1) is 0 Å². The highest BCUT2D eigenvalue weighted by Crippen LogP contribution is 2.46. The first-order chi connectivity index (χ1) is 11.1. The molecule has 0 amide bonds. The molecule has 2 heteroatoms. The van der Waals surface area contributed by atoms with Crippen LogP contribution in [0.5, 0.6) is 0 Å². The maximum Gasteiger partial charge on any atom is 0.187 e. The van der Waals surface area contributed by atoms with Gasteiger partial charge in [0.1, 0.15) is 0 Å². The molecular formula is C21H36OSi. The Labute approximate surface area is 145 Å². The van der Waals surface area contributed by atoms with Crippen LogP contribution in [0.15, 0.2) is 30.3 Å². The van der Waals surface area contributed by atoms with Crippen LogP contribution in [-0.2, 0) is 9.46 Å². The van der Waals surface area contributed by atoms with Gasteiger partial charge < -0.3 is 4.43 Å². The molecule has 0 bridgehead atoms. The molecule has 1 aromatic carbocycles. The summed E-state index contributed by atoms with van der Waals surface area (Å²) in [6.07, 6.45) is 8.01. The molecule has 1 aromatic rings. The Balaban J connectivity index is 2.37. The van der Waals surface area contributed by atoms with Gasteiger partial charge in [-0.25, -0.2) is 0 Å². The Bertz CT molecular complexity index is 438. The van der Waals surface area contributed by atoms with Gasteiger partial charge in [0.2, 0.25) is 0 Å². The highest BCUT2D eigenvalue weighted by Gasteiger charge is 2.49. The van der Waals surface area contributed by atoms with Crippen LogP contribution in [0.1, 0.15) is 71.8 Å². The molecule has 1 saturated heterocycles. The van der Waals surface area contributed by atoms with Crippen molar-refractivity contribution in [2.75, 3.05) is 6.61 Å². The molecule has 0 aromatic heterocycles. The summed E-state index contributed by atoms with van der Waals surface area (Å²) < 4.78 is 6.53. The fourth-order valence-electron chi connectivity index (χ4n) is 4.85. The second-order valence-corrected chi connectivity index (χ2v) is 10.5. The summed E-state index contributed by atoms with van der Waals surface area (Å²) >= 11 is 0. The average molecular weight is 333 g/mol. The van der Waals surface area contributed by atoms with Crippen LogP contribution in [0.4, 0.5) is 0 Å². The molecule has 0 N–H and O–H groups in total. The van der Waals surface area contributed by atoms with Crippen molar-refractivity contribution < 1.29 is 4.43 Å². The van der Waals surface area contributed by atoms with Crippen molar-refractivity contribution in [2.24, 2.45) is 11.8 Å². The van der Waals surface area contributed by atoms with Crippen molar-refractivity contribution >= 4 is 9.04 Å². The number of rotatable bonds is 8. The van der Waals surface area contributed by atoms with Gasteiger partial charge in [-0.1, -0.05) is 90.1 Å². The maximum atomic E-state index is 6.53. The third-order valence-corrected chi connectivity index (χ3v) is 10.2. The minimum atomic E-state index is -1.27. The monoisotopic (exact) mass is 332 g/mol. The molecule has 3 unspecified atom stereocenters. The molecule has 0 radical (unpaired) electrons. The predicted molar refractivity (Wildman–Crippen MR) is 103 cm³/mol. The third kappa shape index (κ3) is 4.08. The second-order valence-electron chi connectivity index (χ2n) is 7.71. The van der Waals surface area contributed by atoms with E-state index in [0.29, 0.717) is 11.8 Å². The second kappa shape index (κ2) is 9.03. The van der Waals surface area contributed by atoms with Gasteiger partial charge in [0.15, 0.2) is 9.04 Å². The summed E-state index contributed by atoms with van der Waals surface area (Å²) in [5, 5.41) is 0.287. The summed E-state index contributed by atoms with van der Waals surface area (Å²) in [6, 6.07) is 12.7. The summed E-state index contributed by atoms with van der Waals surface area (Å²) in [4.78, 5) is 0. The zero-order chi connectivity index (χ0) is 16.7. The minimum Gasteiger partial charge on any atom is -0.419 e. The van der Waals surface area contributed by atoms with Crippen molar-refractivity contribution in [1.29, 1.82) is 0 Å². The molecule has 0 aliphatic carbocycles. The zero-order valence-corrected chi connectivity index (χ0v) is 16.8. The van der Waals surface area contributed by atoms with E-state index < -0.39 is 9.04 Å². The first-order valence-corrected chi connectivity index (χ1v) is 11.7. The van der Waals surface area contributed by atoms with Gasteiger partial charge in [0.25, 0.3) is 0 Å². The molecule has 1 heterocycles. The van der Waals surface area contributed by atoms with Crippen LogP contribution in [0.3, 0.4) is 0 Å². The summed E-state index contributed by atoms with van der Waals surface area (Å²) in [7, 11) is -1.27. The fraction of sp³-hybridized carbons (Fsp3) is 0.714. The molecule has 1 aliphatic rings. The predicted octanol–water partition coefficient (Wildman–Crippen LogP) is 5.87. The topological polar surface area (TPSA) is 9.23 Å². The molecule has 23 heavy (non-hydrogen) atoms. The van der Waals surface area contributed by atoms with Crippen LogP contribution in [0.25, 0.3) is 0 Å². The maximum absolute atomic E-state index is 6.53. The standard InChI is InChI=1S/C21H36OSi/c1-5-6-8-13-19(4)21(18(2)3,20-14-9-7-10-15-20)23-17-12-11-16-22-23/h7,9-10,14-15,18-19,23H,5-6,8,11-13,16-17H2,1-4H3. The van der Waals surface area contributed by atoms with Crippen molar-refractivity contribution in [2.45, 2.75) is 77.3 Å². The highest BCUT2D eigenvalue weighted by atomic mass is 28.3. The molecule has 130 valence electrons. The lowest BCUT2D eigenvalue weighted by Gasteiger charge is -2.49. The van der Waals surface area contributed by atoms with Gasteiger partial charge in [-0.05, 0) is 29.9 Å². The van der Waals surface area contributed by atoms with E-state index >= 15 is 0 Å². The quantitative estimate of drug-likeness (QED) is 0.427. The van der Waals surface area contributed by atoms with Gasteiger partial charge in [0, 0.05) is 11.6 Å². The number of hydrogen-bond acceptors (Lipinski definition) is 1. The molecule has 0 spiro atoms. The Hall–Kier alpha value is -0.603. The lowest BCUT2D eigenvalue weighted by molar-refractivity contribution is 0.201. The molecule has 1 aliphatic heterocycles. The van der Waals surface area contributed by atoms with Gasteiger partial charge >= 0.3 is 0 Å². The Kier molecular flexibility index (Phi) is 7.35. The molecular weight excluding hydrogens is 296 g/mol. The van der Waals surface area contributed by atoms with E-state index in [1.807, 2.05) is 0 Å². The van der Waals surface area contributed by atoms with E-state index in [1.165, 1.54) is 44.6 Å². The third-order valence-electron chi connectivity index (χ3n) is 6.00. The normalized spacial score (nSPS) is 22.7. The van der Waals surface area contributed by atoms with E-state index in [0.717, 1.165) is 6.61 Å². The number of benzene rings is 1. The Morgan fingerprint density at radius 3 is 2.39 bits per heavy atom. The van der Waals surface area contributed by atoms with Crippen molar-refractivity contribution in [1.82, 2.24) is 0 Å². The van der Waals surface area contributed by atoms with E-state index in [9.17, 15) is 0 Å². The average Bonchev–Trinajstić information content (AvgIpc) is 2.57. The molecule has 1 fully saturated rings. The van der Waals surface area contributed by atoms with E-state index in [1.54, 1.807) is 5.56 Å². The van der Waals surface area contributed by atoms with Crippen molar-refractivity contribution in [3.8, 4) is 0 Å². The lowest BCUT2D eigenvalue weighted by atomic mass is 9.75. The zero-order valence-electron chi connectivity index (χ0n) is 15.7.